The SMILES string of the molecule is O=C(O)C1CC2CCC(C1)N2C1CCC1. The Hall–Kier alpha value is -0.570. The van der Waals surface area contributed by atoms with E-state index in [-0.39, 0.29) is 5.92 Å². The Labute approximate surface area is 90.5 Å². The molecule has 3 heteroatoms. The monoisotopic (exact) mass is 209 g/mol. The van der Waals surface area contributed by atoms with Crippen molar-refractivity contribution in [3.8, 4) is 0 Å². The van der Waals surface area contributed by atoms with E-state index in [1.165, 1.54) is 32.1 Å². The molecule has 2 saturated heterocycles. The van der Waals surface area contributed by atoms with Gasteiger partial charge in [0, 0.05) is 18.1 Å². The number of piperidine rings is 1. The van der Waals surface area contributed by atoms with Gasteiger partial charge in [0.05, 0.1) is 5.92 Å². The van der Waals surface area contributed by atoms with Crippen LogP contribution in [0.15, 0.2) is 0 Å². The molecule has 2 bridgehead atoms. The van der Waals surface area contributed by atoms with E-state index in [0.29, 0.717) is 12.1 Å². The van der Waals surface area contributed by atoms with Crippen LogP contribution in [-0.4, -0.2) is 34.1 Å². The Kier molecular flexibility index (Phi) is 2.23. The summed E-state index contributed by atoms with van der Waals surface area (Å²) in [6.07, 6.45) is 8.37. The molecule has 3 nitrogen and oxygen atoms in total. The van der Waals surface area contributed by atoms with Gasteiger partial charge in [-0.15, -0.1) is 0 Å². The van der Waals surface area contributed by atoms with E-state index in [2.05, 4.69) is 4.90 Å². The van der Waals surface area contributed by atoms with Gasteiger partial charge in [0.15, 0.2) is 0 Å². The van der Waals surface area contributed by atoms with Crippen LogP contribution in [0.2, 0.25) is 0 Å². The van der Waals surface area contributed by atoms with Gasteiger partial charge in [-0.2, -0.15) is 0 Å². The molecule has 0 amide bonds. The molecule has 15 heavy (non-hydrogen) atoms. The Balaban J connectivity index is 1.72. The lowest BCUT2D eigenvalue weighted by Gasteiger charge is -2.46. The molecule has 0 aromatic carbocycles. The van der Waals surface area contributed by atoms with Crippen molar-refractivity contribution in [2.24, 2.45) is 5.92 Å². The van der Waals surface area contributed by atoms with Crippen LogP contribution < -0.4 is 0 Å². The highest BCUT2D eigenvalue weighted by molar-refractivity contribution is 5.70. The zero-order valence-corrected chi connectivity index (χ0v) is 9.06. The minimum Gasteiger partial charge on any atom is -0.481 e. The highest BCUT2D eigenvalue weighted by Crippen LogP contribution is 2.43. The van der Waals surface area contributed by atoms with Gasteiger partial charge in [-0.3, -0.25) is 9.69 Å². The number of hydrogen-bond donors (Lipinski definition) is 1. The number of hydrogen-bond acceptors (Lipinski definition) is 2. The standard InChI is InChI=1S/C12H19NO2/c14-12(15)8-6-10-4-5-11(7-8)13(10)9-2-1-3-9/h8-11H,1-7H2,(H,14,15). The summed E-state index contributed by atoms with van der Waals surface area (Å²) in [5, 5.41) is 9.08. The maximum Gasteiger partial charge on any atom is 0.306 e. The molecule has 0 spiro atoms. The van der Waals surface area contributed by atoms with Gasteiger partial charge in [-0.1, -0.05) is 6.42 Å². The quantitative estimate of drug-likeness (QED) is 0.754. The third-order valence-electron chi connectivity index (χ3n) is 4.64. The van der Waals surface area contributed by atoms with Gasteiger partial charge in [0.2, 0.25) is 0 Å². The first-order chi connectivity index (χ1) is 7.25. The summed E-state index contributed by atoms with van der Waals surface area (Å²) in [7, 11) is 0. The summed E-state index contributed by atoms with van der Waals surface area (Å²) < 4.78 is 0. The summed E-state index contributed by atoms with van der Waals surface area (Å²) in [5.41, 5.74) is 0. The molecular formula is C12H19NO2. The fourth-order valence-corrected chi connectivity index (χ4v) is 3.70. The van der Waals surface area contributed by atoms with Gasteiger partial charge in [-0.25, -0.2) is 0 Å². The largest absolute Gasteiger partial charge is 0.481 e. The van der Waals surface area contributed by atoms with E-state index < -0.39 is 5.97 Å². The van der Waals surface area contributed by atoms with E-state index in [9.17, 15) is 4.79 Å². The van der Waals surface area contributed by atoms with Crippen molar-refractivity contribution in [3.05, 3.63) is 0 Å². The van der Waals surface area contributed by atoms with Crippen molar-refractivity contribution in [1.29, 1.82) is 0 Å². The van der Waals surface area contributed by atoms with Gasteiger partial charge >= 0.3 is 5.97 Å². The predicted octanol–water partition coefficient (Wildman–Crippen LogP) is 1.87. The predicted molar refractivity (Wildman–Crippen MR) is 56.6 cm³/mol. The van der Waals surface area contributed by atoms with Gasteiger partial charge < -0.3 is 5.11 Å². The molecule has 1 aliphatic carbocycles. The van der Waals surface area contributed by atoms with Crippen LogP contribution in [0.3, 0.4) is 0 Å². The minimum atomic E-state index is -0.569. The fraction of sp³-hybridized carbons (Fsp3) is 0.917. The van der Waals surface area contributed by atoms with Crippen LogP contribution in [0.5, 0.6) is 0 Å². The van der Waals surface area contributed by atoms with Crippen molar-refractivity contribution in [2.75, 3.05) is 0 Å². The van der Waals surface area contributed by atoms with Crippen molar-refractivity contribution in [3.63, 3.8) is 0 Å². The average Bonchev–Trinajstić information content (AvgIpc) is 2.39. The maximum absolute atomic E-state index is 11.0. The zero-order valence-electron chi connectivity index (χ0n) is 9.06. The topological polar surface area (TPSA) is 40.5 Å². The lowest BCUT2D eigenvalue weighted by Crippen LogP contribution is -2.52. The number of carboxylic acids is 1. The molecule has 2 heterocycles. The van der Waals surface area contributed by atoms with Crippen molar-refractivity contribution >= 4 is 5.97 Å². The van der Waals surface area contributed by atoms with Crippen LogP contribution in [0, 0.1) is 5.92 Å². The van der Waals surface area contributed by atoms with Gasteiger partial charge in [-0.05, 0) is 38.5 Å². The molecular weight excluding hydrogens is 190 g/mol. The summed E-state index contributed by atoms with van der Waals surface area (Å²) >= 11 is 0. The number of fused-ring (bicyclic) bond motifs is 2. The Bertz CT molecular complexity index is 261. The molecule has 0 aromatic rings. The molecule has 1 saturated carbocycles. The van der Waals surface area contributed by atoms with E-state index in [0.717, 1.165) is 18.9 Å². The lowest BCUT2D eigenvalue weighted by molar-refractivity contribution is -0.145. The molecule has 84 valence electrons. The van der Waals surface area contributed by atoms with Crippen LogP contribution in [0.4, 0.5) is 0 Å². The van der Waals surface area contributed by atoms with Gasteiger partial charge in [0.25, 0.3) is 0 Å². The third-order valence-corrected chi connectivity index (χ3v) is 4.64. The van der Waals surface area contributed by atoms with E-state index in [1.807, 2.05) is 0 Å². The summed E-state index contributed by atoms with van der Waals surface area (Å²) in [5.74, 6) is -0.626. The molecule has 3 rings (SSSR count). The number of carbonyl (C=O) groups is 1. The second-order valence-electron chi connectivity index (χ2n) is 5.42. The lowest BCUT2D eigenvalue weighted by atomic mass is 9.84. The number of nitrogens with zero attached hydrogens (tertiary/aromatic N) is 1. The number of carboxylic acid groups (broad SMARTS) is 1. The first-order valence-electron chi connectivity index (χ1n) is 6.26. The molecule has 3 fully saturated rings. The minimum absolute atomic E-state index is 0.0566. The molecule has 0 aromatic heterocycles. The summed E-state index contributed by atoms with van der Waals surface area (Å²) in [6, 6.07) is 1.99. The second kappa shape index (κ2) is 3.48. The molecule has 0 radical (unpaired) electrons. The Morgan fingerprint density at radius 3 is 2.00 bits per heavy atom. The molecule has 2 atom stereocenters. The maximum atomic E-state index is 11.0. The van der Waals surface area contributed by atoms with E-state index in [1.54, 1.807) is 0 Å². The third kappa shape index (κ3) is 1.48. The summed E-state index contributed by atoms with van der Waals surface area (Å²) in [4.78, 5) is 13.7. The highest BCUT2D eigenvalue weighted by Gasteiger charge is 2.46. The molecule has 2 unspecified atom stereocenters. The van der Waals surface area contributed by atoms with E-state index in [4.69, 9.17) is 5.11 Å². The zero-order chi connectivity index (χ0) is 10.4. The number of aliphatic carboxylic acids is 1. The fourth-order valence-electron chi connectivity index (χ4n) is 3.70. The molecule has 3 aliphatic rings. The first-order valence-corrected chi connectivity index (χ1v) is 6.26. The highest BCUT2D eigenvalue weighted by atomic mass is 16.4. The van der Waals surface area contributed by atoms with Crippen molar-refractivity contribution in [1.82, 2.24) is 4.90 Å². The normalized spacial score (nSPS) is 41.5. The Morgan fingerprint density at radius 1 is 1.00 bits per heavy atom. The second-order valence-corrected chi connectivity index (χ2v) is 5.42. The molecule has 1 N–H and O–H groups in total. The first kappa shape index (κ1) is 9.64. The smallest absolute Gasteiger partial charge is 0.306 e. The molecule has 2 aliphatic heterocycles. The van der Waals surface area contributed by atoms with Crippen LogP contribution in [0.1, 0.15) is 44.9 Å². The van der Waals surface area contributed by atoms with Crippen molar-refractivity contribution in [2.45, 2.75) is 63.1 Å². The van der Waals surface area contributed by atoms with Crippen LogP contribution >= 0.6 is 0 Å². The summed E-state index contributed by atoms with van der Waals surface area (Å²) in [6.45, 7) is 0. The number of rotatable bonds is 2. The van der Waals surface area contributed by atoms with E-state index >= 15 is 0 Å². The van der Waals surface area contributed by atoms with Crippen molar-refractivity contribution < 1.29 is 9.90 Å². The van der Waals surface area contributed by atoms with Gasteiger partial charge in [0.1, 0.15) is 0 Å². The Morgan fingerprint density at radius 2 is 1.60 bits per heavy atom. The van der Waals surface area contributed by atoms with Crippen LogP contribution in [-0.2, 0) is 4.79 Å². The average molecular weight is 209 g/mol. The van der Waals surface area contributed by atoms with Crippen LogP contribution in [0.25, 0.3) is 0 Å².